The van der Waals surface area contributed by atoms with E-state index in [1.807, 2.05) is 55.5 Å². The SMILES string of the molecule is CCC(C(=O)O)C1c2ccccc2C(=O)N1c1ccccc1. The molecule has 2 atom stereocenters. The van der Waals surface area contributed by atoms with E-state index in [1.165, 1.54) is 0 Å². The monoisotopic (exact) mass is 295 g/mol. The second kappa shape index (κ2) is 5.64. The van der Waals surface area contributed by atoms with E-state index >= 15 is 0 Å². The van der Waals surface area contributed by atoms with E-state index in [0.29, 0.717) is 12.0 Å². The van der Waals surface area contributed by atoms with Crippen molar-refractivity contribution in [1.29, 1.82) is 0 Å². The van der Waals surface area contributed by atoms with E-state index in [-0.39, 0.29) is 5.91 Å². The van der Waals surface area contributed by atoms with E-state index in [2.05, 4.69) is 0 Å². The molecule has 2 unspecified atom stereocenters. The van der Waals surface area contributed by atoms with Crippen molar-refractivity contribution in [1.82, 2.24) is 0 Å². The highest BCUT2D eigenvalue weighted by Crippen LogP contribution is 2.42. The molecule has 1 amide bonds. The van der Waals surface area contributed by atoms with Crippen LogP contribution < -0.4 is 4.90 Å². The third-order valence-corrected chi connectivity index (χ3v) is 4.18. The fraction of sp³-hybridized carbons (Fsp3) is 0.222. The number of fused-ring (bicyclic) bond motifs is 1. The van der Waals surface area contributed by atoms with Gasteiger partial charge in [-0.2, -0.15) is 0 Å². The van der Waals surface area contributed by atoms with Gasteiger partial charge in [0, 0.05) is 11.3 Å². The molecule has 4 nitrogen and oxygen atoms in total. The number of rotatable bonds is 4. The average Bonchev–Trinajstić information content (AvgIpc) is 2.82. The largest absolute Gasteiger partial charge is 0.481 e. The molecule has 112 valence electrons. The quantitative estimate of drug-likeness (QED) is 0.939. The number of amides is 1. The van der Waals surface area contributed by atoms with Crippen molar-refractivity contribution in [2.24, 2.45) is 5.92 Å². The number of nitrogens with zero attached hydrogens (tertiary/aromatic N) is 1. The number of carboxylic acids is 1. The molecule has 0 fully saturated rings. The summed E-state index contributed by atoms with van der Waals surface area (Å²) in [6, 6.07) is 16.1. The van der Waals surface area contributed by atoms with Gasteiger partial charge in [0.2, 0.25) is 0 Å². The standard InChI is InChI=1S/C18H17NO3/c1-2-13(18(21)22)16-14-10-6-7-11-15(14)17(20)19(16)12-8-4-3-5-9-12/h3-11,13,16H,2H2,1H3,(H,21,22). The molecule has 0 saturated carbocycles. The number of hydrogen-bond acceptors (Lipinski definition) is 2. The van der Waals surface area contributed by atoms with Gasteiger partial charge in [-0.1, -0.05) is 43.3 Å². The molecule has 0 radical (unpaired) electrons. The lowest BCUT2D eigenvalue weighted by Crippen LogP contribution is -2.35. The van der Waals surface area contributed by atoms with Gasteiger partial charge in [-0.15, -0.1) is 0 Å². The van der Waals surface area contributed by atoms with Crippen LogP contribution in [0.2, 0.25) is 0 Å². The van der Waals surface area contributed by atoms with Gasteiger partial charge in [0.05, 0.1) is 12.0 Å². The van der Waals surface area contributed by atoms with Gasteiger partial charge in [-0.3, -0.25) is 14.5 Å². The molecule has 1 aliphatic rings. The Morgan fingerprint density at radius 1 is 1.14 bits per heavy atom. The van der Waals surface area contributed by atoms with Crippen LogP contribution >= 0.6 is 0 Å². The Bertz CT molecular complexity index is 711. The van der Waals surface area contributed by atoms with Crippen LogP contribution in [-0.4, -0.2) is 17.0 Å². The third kappa shape index (κ3) is 2.17. The van der Waals surface area contributed by atoms with Gasteiger partial charge in [0.15, 0.2) is 0 Å². The number of benzene rings is 2. The Hall–Kier alpha value is -2.62. The highest BCUT2D eigenvalue weighted by molar-refractivity contribution is 6.11. The van der Waals surface area contributed by atoms with Crippen molar-refractivity contribution in [2.45, 2.75) is 19.4 Å². The first kappa shape index (κ1) is 14.3. The molecule has 0 spiro atoms. The van der Waals surface area contributed by atoms with Crippen LogP contribution in [0.4, 0.5) is 5.69 Å². The predicted octanol–water partition coefficient (Wildman–Crippen LogP) is 3.50. The second-order valence-corrected chi connectivity index (χ2v) is 5.40. The molecule has 22 heavy (non-hydrogen) atoms. The summed E-state index contributed by atoms with van der Waals surface area (Å²) in [5, 5.41) is 9.57. The molecule has 0 saturated heterocycles. The van der Waals surface area contributed by atoms with Crippen LogP contribution in [0.3, 0.4) is 0 Å². The molecule has 0 aromatic heterocycles. The van der Waals surface area contributed by atoms with Crippen LogP contribution in [0.5, 0.6) is 0 Å². The highest BCUT2D eigenvalue weighted by atomic mass is 16.4. The first-order valence-electron chi connectivity index (χ1n) is 7.35. The van der Waals surface area contributed by atoms with Crippen LogP contribution in [0, 0.1) is 5.92 Å². The summed E-state index contributed by atoms with van der Waals surface area (Å²) in [6.45, 7) is 1.84. The zero-order valence-electron chi connectivity index (χ0n) is 12.3. The Morgan fingerprint density at radius 2 is 1.77 bits per heavy atom. The van der Waals surface area contributed by atoms with E-state index in [9.17, 15) is 14.7 Å². The minimum Gasteiger partial charge on any atom is -0.481 e. The normalized spacial score (nSPS) is 18.1. The summed E-state index contributed by atoms with van der Waals surface area (Å²) in [5.74, 6) is -1.64. The van der Waals surface area contributed by atoms with Crippen LogP contribution in [0.1, 0.15) is 35.3 Å². The summed E-state index contributed by atoms with van der Waals surface area (Å²) in [7, 11) is 0. The first-order valence-corrected chi connectivity index (χ1v) is 7.35. The number of carboxylic acid groups (broad SMARTS) is 1. The Labute approximate surface area is 129 Å². The molecule has 0 bridgehead atoms. The molecule has 1 aliphatic heterocycles. The topological polar surface area (TPSA) is 57.6 Å². The van der Waals surface area contributed by atoms with Gasteiger partial charge in [0.1, 0.15) is 0 Å². The highest BCUT2D eigenvalue weighted by Gasteiger charge is 2.43. The molecule has 2 aromatic carbocycles. The van der Waals surface area contributed by atoms with Crippen LogP contribution in [0.25, 0.3) is 0 Å². The van der Waals surface area contributed by atoms with Crippen LogP contribution in [-0.2, 0) is 4.79 Å². The van der Waals surface area contributed by atoms with Gasteiger partial charge < -0.3 is 5.11 Å². The maximum absolute atomic E-state index is 12.8. The molecular formula is C18H17NO3. The van der Waals surface area contributed by atoms with E-state index < -0.39 is 17.9 Å². The number of carbonyl (C=O) groups is 2. The number of hydrogen-bond donors (Lipinski definition) is 1. The zero-order chi connectivity index (χ0) is 15.7. The second-order valence-electron chi connectivity index (χ2n) is 5.40. The lowest BCUT2D eigenvalue weighted by Gasteiger charge is -2.29. The minimum atomic E-state index is -0.877. The van der Waals surface area contributed by atoms with Crippen molar-refractivity contribution < 1.29 is 14.7 Å². The predicted molar refractivity (Wildman–Crippen MR) is 83.9 cm³/mol. The maximum atomic E-state index is 12.8. The van der Waals surface area contributed by atoms with Crippen molar-refractivity contribution in [3.05, 3.63) is 65.7 Å². The fourth-order valence-electron chi connectivity index (χ4n) is 3.14. The Morgan fingerprint density at radius 3 is 2.41 bits per heavy atom. The van der Waals surface area contributed by atoms with Gasteiger partial charge in [-0.25, -0.2) is 0 Å². The Balaban J connectivity index is 2.16. The van der Waals surface area contributed by atoms with E-state index in [0.717, 1.165) is 11.3 Å². The number of carbonyl (C=O) groups excluding carboxylic acids is 1. The number of aliphatic carboxylic acids is 1. The first-order chi connectivity index (χ1) is 10.6. The summed E-state index contributed by atoms with van der Waals surface area (Å²) in [6.07, 6.45) is 0.463. The number of para-hydroxylation sites is 1. The third-order valence-electron chi connectivity index (χ3n) is 4.18. The Kier molecular flexibility index (Phi) is 3.67. The van der Waals surface area contributed by atoms with Crippen LogP contribution in [0.15, 0.2) is 54.6 Å². The van der Waals surface area contributed by atoms with E-state index in [4.69, 9.17) is 0 Å². The smallest absolute Gasteiger partial charge is 0.308 e. The van der Waals surface area contributed by atoms with Gasteiger partial charge >= 0.3 is 5.97 Å². The fourth-order valence-corrected chi connectivity index (χ4v) is 3.14. The number of anilines is 1. The zero-order valence-corrected chi connectivity index (χ0v) is 12.3. The van der Waals surface area contributed by atoms with Gasteiger partial charge in [-0.05, 0) is 30.2 Å². The maximum Gasteiger partial charge on any atom is 0.308 e. The van der Waals surface area contributed by atoms with Crippen molar-refractivity contribution in [3.63, 3.8) is 0 Å². The average molecular weight is 295 g/mol. The summed E-state index contributed by atoms with van der Waals surface area (Å²) >= 11 is 0. The van der Waals surface area contributed by atoms with Gasteiger partial charge in [0.25, 0.3) is 5.91 Å². The summed E-state index contributed by atoms with van der Waals surface area (Å²) in [5.41, 5.74) is 2.12. The van der Waals surface area contributed by atoms with Crippen molar-refractivity contribution >= 4 is 17.6 Å². The molecule has 1 N–H and O–H groups in total. The molecule has 0 aliphatic carbocycles. The lowest BCUT2D eigenvalue weighted by atomic mass is 9.90. The lowest BCUT2D eigenvalue weighted by molar-refractivity contribution is -0.142. The molecule has 3 rings (SSSR count). The molecular weight excluding hydrogens is 278 g/mol. The summed E-state index contributed by atoms with van der Waals surface area (Å²) in [4.78, 5) is 26.1. The molecule has 1 heterocycles. The summed E-state index contributed by atoms with van der Waals surface area (Å²) < 4.78 is 0. The minimum absolute atomic E-state index is 0.133. The van der Waals surface area contributed by atoms with E-state index in [1.54, 1.807) is 11.0 Å². The molecule has 2 aromatic rings. The molecule has 4 heteroatoms. The van der Waals surface area contributed by atoms with Crippen molar-refractivity contribution in [2.75, 3.05) is 4.90 Å². The van der Waals surface area contributed by atoms with Crippen molar-refractivity contribution in [3.8, 4) is 0 Å².